The van der Waals surface area contributed by atoms with Gasteiger partial charge in [0.15, 0.2) is 5.16 Å². The zero-order chi connectivity index (χ0) is 18.6. The predicted molar refractivity (Wildman–Crippen MR) is 103 cm³/mol. The lowest BCUT2D eigenvalue weighted by Crippen LogP contribution is -2.31. The Morgan fingerprint density at radius 2 is 2.00 bits per heavy atom. The van der Waals surface area contributed by atoms with Gasteiger partial charge in [0.25, 0.3) is 0 Å². The molecule has 0 aliphatic heterocycles. The average Bonchev–Trinajstić information content (AvgIpc) is 3.25. The van der Waals surface area contributed by atoms with E-state index in [1.54, 1.807) is 6.26 Å². The number of benzene rings is 1. The van der Waals surface area contributed by atoms with Crippen molar-refractivity contribution in [2.45, 2.75) is 44.1 Å². The number of thioether (sulfide) groups is 1. The molecule has 1 aliphatic carbocycles. The van der Waals surface area contributed by atoms with Gasteiger partial charge >= 0.3 is 0 Å². The van der Waals surface area contributed by atoms with Crippen LogP contribution in [0.3, 0.4) is 0 Å². The van der Waals surface area contributed by atoms with E-state index in [-0.39, 0.29) is 5.91 Å². The largest absolute Gasteiger partial charge is 0.467 e. The van der Waals surface area contributed by atoms with E-state index in [0.717, 1.165) is 22.3 Å². The first-order valence-corrected chi connectivity index (χ1v) is 10.1. The molecule has 6 nitrogen and oxygen atoms in total. The fourth-order valence-electron chi connectivity index (χ4n) is 3.05. The van der Waals surface area contributed by atoms with Gasteiger partial charge < -0.3 is 13.9 Å². The number of nitrogens with zero attached hydrogens (tertiary/aromatic N) is 4. The van der Waals surface area contributed by atoms with Crippen LogP contribution in [0, 0.1) is 6.92 Å². The van der Waals surface area contributed by atoms with E-state index >= 15 is 0 Å². The molecule has 140 valence electrons. The zero-order valence-corrected chi connectivity index (χ0v) is 16.1. The molecule has 3 aromatic rings. The van der Waals surface area contributed by atoms with Crippen molar-refractivity contribution in [3.63, 3.8) is 0 Å². The number of aryl methyl sites for hydroxylation is 1. The van der Waals surface area contributed by atoms with Crippen LogP contribution in [-0.4, -0.2) is 31.3 Å². The molecule has 0 N–H and O–H groups in total. The molecule has 0 bridgehead atoms. The molecule has 27 heavy (non-hydrogen) atoms. The maximum atomic E-state index is 13.0. The fraction of sp³-hybridized carbons (Fsp3) is 0.350. The minimum absolute atomic E-state index is 0.0586. The second-order valence-electron chi connectivity index (χ2n) is 6.73. The third kappa shape index (κ3) is 4.42. The third-order valence-electron chi connectivity index (χ3n) is 4.57. The van der Waals surface area contributed by atoms with Crippen LogP contribution in [0.2, 0.25) is 0 Å². The lowest BCUT2D eigenvalue weighted by atomic mass is 10.2. The smallest absolute Gasteiger partial charge is 0.233 e. The number of hydrogen-bond acceptors (Lipinski definition) is 5. The summed E-state index contributed by atoms with van der Waals surface area (Å²) in [7, 11) is 0. The summed E-state index contributed by atoms with van der Waals surface area (Å²) in [5.74, 6) is 2.09. The van der Waals surface area contributed by atoms with E-state index in [2.05, 4.69) is 14.8 Å². The van der Waals surface area contributed by atoms with Gasteiger partial charge in [-0.25, -0.2) is 0 Å². The van der Waals surface area contributed by atoms with Gasteiger partial charge in [-0.1, -0.05) is 42.1 Å². The van der Waals surface area contributed by atoms with E-state index < -0.39 is 0 Å². The Labute approximate surface area is 162 Å². The number of carbonyl (C=O) groups is 1. The van der Waals surface area contributed by atoms with Crippen molar-refractivity contribution in [2.24, 2.45) is 0 Å². The van der Waals surface area contributed by atoms with E-state index in [1.165, 1.54) is 24.6 Å². The first-order chi connectivity index (χ1) is 13.2. The van der Waals surface area contributed by atoms with Gasteiger partial charge in [0, 0.05) is 12.6 Å². The summed E-state index contributed by atoms with van der Waals surface area (Å²) in [6.45, 7) is 2.97. The SMILES string of the molecule is Cc1nnc(SCC(=O)N(Cc2ccccc2)Cc2ccco2)n1C1CC1. The number of rotatable bonds is 8. The Morgan fingerprint density at radius 3 is 2.70 bits per heavy atom. The molecule has 0 radical (unpaired) electrons. The quantitative estimate of drug-likeness (QED) is 0.554. The maximum Gasteiger partial charge on any atom is 0.233 e. The standard InChI is InChI=1S/C20H22N4O2S/c1-15-21-22-20(24(15)17-9-10-17)27-14-19(25)23(13-18-8-5-11-26-18)12-16-6-3-2-4-7-16/h2-8,11,17H,9-10,12-14H2,1H3. The molecule has 1 aromatic carbocycles. The molecule has 4 rings (SSSR count). The number of furan rings is 1. The zero-order valence-electron chi connectivity index (χ0n) is 15.2. The van der Waals surface area contributed by atoms with Gasteiger partial charge in [0.05, 0.1) is 18.6 Å². The fourth-order valence-corrected chi connectivity index (χ4v) is 4.00. The Bertz CT molecular complexity index is 888. The normalized spacial score (nSPS) is 13.7. The van der Waals surface area contributed by atoms with Crippen LogP contribution in [0.25, 0.3) is 0 Å². The Morgan fingerprint density at radius 1 is 1.19 bits per heavy atom. The molecule has 1 saturated carbocycles. The van der Waals surface area contributed by atoms with Crippen molar-refractivity contribution in [3.8, 4) is 0 Å². The first kappa shape index (κ1) is 17.9. The van der Waals surface area contributed by atoms with Crippen LogP contribution in [0.1, 0.15) is 36.0 Å². The Balaban J connectivity index is 1.45. The van der Waals surface area contributed by atoms with Crippen molar-refractivity contribution in [3.05, 3.63) is 65.9 Å². The van der Waals surface area contributed by atoms with Crippen LogP contribution in [0.4, 0.5) is 0 Å². The molecule has 1 aliphatic rings. The van der Waals surface area contributed by atoms with Gasteiger partial charge in [-0.2, -0.15) is 0 Å². The highest BCUT2D eigenvalue weighted by atomic mass is 32.2. The van der Waals surface area contributed by atoms with E-state index in [0.29, 0.717) is 24.9 Å². The van der Waals surface area contributed by atoms with Crippen molar-refractivity contribution < 1.29 is 9.21 Å². The highest BCUT2D eigenvalue weighted by Gasteiger charge is 2.29. The Kier molecular flexibility index (Phi) is 5.29. The van der Waals surface area contributed by atoms with Gasteiger partial charge in [0.1, 0.15) is 11.6 Å². The molecular formula is C20H22N4O2S. The molecule has 0 saturated heterocycles. The Hall–Kier alpha value is -2.54. The van der Waals surface area contributed by atoms with E-state index in [9.17, 15) is 4.79 Å². The minimum atomic E-state index is 0.0586. The van der Waals surface area contributed by atoms with E-state index in [1.807, 2.05) is 54.3 Å². The first-order valence-electron chi connectivity index (χ1n) is 9.09. The molecule has 2 aromatic heterocycles. The van der Waals surface area contributed by atoms with Crippen LogP contribution in [0.5, 0.6) is 0 Å². The van der Waals surface area contributed by atoms with Gasteiger partial charge in [-0.3, -0.25) is 4.79 Å². The van der Waals surface area contributed by atoms with Crippen LogP contribution in [-0.2, 0) is 17.9 Å². The molecule has 0 spiro atoms. The summed E-state index contributed by atoms with van der Waals surface area (Å²) in [5.41, 5.74) is 1.10. The van der Waals surface area contributed by atoms with Gasteiger partial charge in [0.2, 0.25) is 5.91 Å². The summed E-state index contributed by atoms with van der Waals surface area (Å²) in [6, 6.07) is 14.3. The summed E-state index contributed by atoms with van der Waals surface area (Å²) in [6.07, 6.45) is 3.97. The average molecular weight is 382 g/mol. The lowest BCUT2D eigenvalue weighted by Gasteiger charge is -2.21. The molecule has 1 amide bonds. The highest BCUT2D eigenvalue weighted by Crippen LogP contribution is 2.38. The maximum absolute atomic E-state index is 13.0. The molecule has 7 heteroatoms. The summed E-state index contributed by atoms with van der Waals surface area (Å²) >= 11 is 1.46. The predicted octanol–water partition coefficient (Wildman–Crippen LogP) is 3.84. The van der Waals surface area contributed by atoms with Crippen LogP contribution >= 0.6 is 11.8 Å². The van der Waals surface area contributed by atoms with Crippen LogP contribution < -0.4 is 0 Å². The van der Waals surface area contributed by atoms with E-state index in [4.69, 9.17) is 4.42 Å². The van der Waals surface area contributed by atoms with Crippen molar-refractivity contribution in [2.75, 3.05) is 5.75 Å². The number of aromatic nitrogens is 3. The van der Waals surface area contributed by atoms with Crippen molar-refractivity contribution in [1.82, 2.24) is 19.7 Å². The third-order valence-corrected chi connectivity index (χ3v) is 5.50. The van der Waals surface area contributed by atoms with Crippen molar-refractivity contribution in [1.29, 1.82) is 0 Å². The summed E-state index contributed by atoms with van der Waals surface area (Å²) in [4.78, 5) is 14.8. The second kappa shape index (κ2) is 8.00. The summed E-state index contributed by atoms with van der Waals surface area (Å²) in [5, 5.41) is 9.27. The highest BCUT2D eigenvalue weighted by molar-refractivity contribution is 7.99. The topological polar surface area (TPSA) is 64.2 Å². The number of amides is 1. The van der Waals surface area contributed by atoms with Crippen molar-refractivity contribution >= 4 is 17.7 Å². The van der Waals surface area contributed by atoms with Gasteiger partial charge in [-0.05, 0) is 37.5 Å². The molecule has 2 heterocycles. The minimum Gasteiger partial charge on any atom is -0.467 e. The molecule has 1 fully saturated rings. The number of hydrogen-bond donors (Lipinski definition) is 0. The molecule has 0 unspecified atom stereocenters. The number of carbonyl (C=O) groups excluding carboxylic acids is 1. The van der Waals surface area contributed by atoms with Gasteiger partial charge in [-0.15, -0.1) is 10.2 Å². The monoisotopic (exact) mass is 382 g/mol. The molecular weight excluding hydrogens is 360 g/mol. The lowest BCUT2D eigenvalue weighted by molar-refractivity contribution is -0.129. The summed E-state index contributed by atoms with van der Waals surface area (Å²) < 4.78 is 7.61. The molecule has 0 atom stereocenters. The van der Waals surface area contributed by atoms with Crippen LogP contribution in [0.15, 0.2) is 58.3 Å². The second-order valence-corrected chi connectivity index (χ2v) is 7.68.